The normalized spacial score (nSPS) is 27.0. The predicted octanol–water partition coefficient (Wildman–Crippen LogP) is 4.14. The van der Waals surface area contributed by atoms with Gasteiger partial charge in [0, 0.05) is 12.6 Å². The molecule has 1 aromatic rings. The Labute approximate surface area is 117 Å². The molecule has 3 atom stereocenters. The lowest BCUT2D eigenvalue weighted by atomic mass is 9.80. The first-order valence-corrected chi connectivity index (χ1v) is 7.66. The summed E-state index contributed by atoms with van der Waals surface area (Å²) in [6.07, 6.45) is 5.04. The molecule has 1 saturated carbocycles. The van der Waals surface area contributed by atoms with E-state index < -0.39 is 0 Å². The van der Waals surface area contributed by atoms with E-state index in [4.69, 9.17) is 0 Å². The highest BCUT2D eigenvalue weighted by molar-refractivity contribution is 5.45. The van der Waals surface area contributed by atoms with Gasteiger partial charge in [-0.1, -0.05) is 26.8 Å². The smallest absolute Gasteiger partial charge is 0.128 e. The first kappa shape index (κ1) is 14.2. The second-order valence-corrected chi connectivity index (χ2v) is 5.98. The van der Waals surface area contributed by atoms with Gasteiger partial charge in [0.05, 0.1) is 0 Å². The van der Waals surface area contributed by atoms with Crippen LogP contribution in [-0.2, 0) is 0 Å². The lowest BCUT2D eigenvalue weighted by molar-refractivity contribution is 0.276. The van der Waals surface area contributed by atoms with E-state index in [-0.39, 0.29) is 0 Å². The van der Waals surface area contributed by atoms with E-state index in [9.17, 15) is 0 Å². The third-order valence-electron chi connectivity index (χ3n) is 4.07. The van der Waals surface area contributed by atoms with Crippen LogP contribution >= 0.6 is 0 Å². The molecule has 1 aliphatic carbocycles. The zero-order valence-electron chi connectivity index (χ0n) is 12.4. The van der Waals surface area contributed by atoms with Gasteiger partial charge in [0.2, 0.25) is 0 Å². The molecule has 3 nitrogen and oxygen atoms in total. The van der Waals surface area contributed by atoms with Crippen molar-refractivity contribution in [2.75, 3.05) is 17.2 Å². The van der Waals surface area contributed by atoms with Crippen molar-refractivity contribution in [1.29, 1.82) is 0 Å². The third kappa shape index (κ3) is 4.12. The Hall–Kier alpha value is -1.25. The summed E-state index contributed by atoms with van der Waals surface area (Å²) < 4.78 is 0. The number of nitrogens with one attached hydrogen (secondary N) is 2. The summed E-state index contributed by atoms with van der Waals surface area (Å²) in [5.41, 5.74) is 0. The van der Waals surface area contributed by atoms with Crippen LogP contribution in [0.3, 0.4) is 0 Å². The highest BCUT2D eigenvalue weighted by atomic mass is 15.1. The molecule has 0 radical (unpaired) electrons. The Morgan fingerprint density at radius 1 is 1.21 bits per heavy atom. The van der Waals surface area contributed by atoms with Crippen LogP contribution in [0.25, 0.3) is 0 Å². The van der Waals surface area contributed by atoms with Gasteiger partial charge in [0.15, 0.2) is 0 Å². The van der Waals surface area contributed by atoms with Gasteiger partial charge in [-0.05, 0) is 49.7 Å². The Balaban J connectivity index is 1.94. The van der Waals surface area contributed by atoms with E-state index in [0.29, 0.717) is 6.04 Å². The van der Waals surface area contributed by atoms with Crippen LogP contribution in [-0.4, -0.2) is 17.6 Å². The van der Waals surface area contributed by atoms with Gasteiger partial charge in [-0.3, -0.25) is 0 Å². The fourth-order valence-corrected chi connectivity index (χ4v) is 2.94. The minimum Gasteiger partial charge on any atom is -0.370 e. The van der Waals surface area contributed by atoms with Gasteiger partial charge >= 0.3 is 0 Å². The van der Waals surface area contributed by atoms with Crippen LogP contribution in [0.5, 0.6) is 0 Å². The number of hydrogen-bond acceptors (Lipinski definition) is 3. The van der Waals surface area contributed by atoms with Gasteiger partial charge in [0.25, 0.3) is 0 Å². The minimum atomic E-state index is 0.574. The largest absolute Gasteiger partial charge is 0.370 e. The number of pyridine rings is 1. The molecular formula is C16H27N3. The number of hydrogen-bond donors (Lipinski definition) is 2. The molecule has 1 aliphatic rings. The summed E-state index contributed by atoms with van der Waals surface area (Å²) in [6, 6.07) is 6.75. The van der Waals surface area contributed by atoms with Crippen LogP contribution in [0.2, 0.25) is 0 Å². The van der Waals surface area contributed by atoms with Crippen molar-refractivity contribution in [3.63, 3.8) is 0 Å². The highest BCUT2D eigenvalue weighted by Gasteiger charge is 2.25. The average Bonchev–Trinajstić information content (AvgIpc) is 2.40. The Bertz CT molecular complexity index is 391. The first-order valence-electron chi connectivity index (χ1n) is 7.66. The summed E-state index contributed by atoms with van der Waals surface area (Å²) in [4.78, 5) is 4.64. The molecule has 0 aliphatic heterocycles. The molecule has 1 heterocycles. The van der Waals surface area contributed by atoms with E-state index in [1.165, 1.54) is 19.3 Å². The molecule has 0 aromatic carbocycles. The molecule has 106 valence electrons. The zero-order chi connectivity index (χ0) is 13.7. The molecule has 3 unspecified atom stereocenters. The summed E-state index contributed by atoms with van der Waals surface area (Å²) in [7, 11) is 0. The van der Waals surface area contributed by atoms with Gasteiger partial charge in [0.1, 0.15) is 11.6 Å². The van der Waals surface area contributed by atoms with E-state index in [1.807, 2.05) is 6.07 Å². The number of rotatable bonds is 5. The SMILES string of the molecule is CCCNc1cccc(NC2CCC(C)CC2C)n1. The number of anilines is 2. The van der Waals surface area contributed by atoms with E-state index in [1.54, 1.807) is 0 Å². The molecular weight excluding hydrogens is 234 g/mol. The Morgan fingerprint density at radius 3 is 2.74 bits per heavy atom. The third-order valence-corrected chi connectivity index (χ3v) is 4.07. The van der Waals surface area contributed by atoms with Crippen molar-refractivity contribution >= 4 is 11.6 Å². The topological polar surface area (TPSA) is 37.0 Å². The fraction of sp³-hybridized carbons (Fsp3) is 0.688. The van der Waals surface area contributed by atoms with Crippen LogP contribution in [0.4, 0.5) is 11.6 Å². The first-order chi connectivity index (χ1) is 9.19. The van der Waals surface area contributed by atoms with Crippen LogP contribution in [0.15, 0.2) is 18.2 Å². The summed E-state index contributed by atoms with van der Waals surface area (Å²) in [5.74, 6) is 3.59. The molecule has 3 heteroatoms. The van der Waals surface area contributed by atoms with Crippen LogP contribution in [0.1, 0.15) is 46.5 Å². The van der Waals surface area contributed by atoms with Crippen molar-refractivity contribution in [3.8, 4) is 0 Å². The van der Waals surface area contributed by atoms with Gasteiger partial charge in [-0.2, -0.15) is 0 Å². The molecule has 2 N–H and O–H groups in total. The molecule has 0 amide bonds. The van der Waals surface area contributed by atoms with Crippen LogP contribution < -0.4 is 10.6 Å². The van der Waals surface area contributed by atoms with Gasteiger partial charge < -0.3 is 10.6 Å². The monoisotopic (exact) mass is 261 g/mol. The maximum absolute atomic E-state index is 4.64. The Kier molecular flexibility index (Phi) is 5.06. The van der Waals surface area contributed by atoms with Crippen molar-refractivity contribution in [1.82, 2.24) is 4.98 Å². The lowest BCUT2D eigenvalue weighted by Gasteiger charge is -2.33. The molecule has 2 rings (SSSR count). The van der Waals surface area contributed by atoms with E-state index in [2.05, 4.69) is 48.5 Å². The predicted molar refractivity (Wildman–Crippen MR) is 82.6 cm³/mol. The standard InChI is InChI=1S/C16H27N3/c1-4-10-17-15-6-5-7-16(19-15)18-14-9-8-12(2)11-13(14)3/h5-7,12-14H,4,8-11H2,1-3H3,(H2,17,18,19). The summed E-state index contributed by atoms with van der Waals surface area (Å²) in [5, 5.41) is 6.96. The van der Waals surface area contributed by atoms with Gasteiger partial charge in [-0.15, -0.1) is 0 Å². The van der Waals surface area contributed by atoms with Crippen molar-refractivity contribution < 1.29 is 0 Å². The molecule has 0 saturated heterocycles. The average molecular weight is 261 g/mol. The maximum atomic E-state index is 4.64. The molecule has 0 spiro atoms. The number of aromatic nitrogens is 1. The number of nitrogens with zero attached hydrogens (tertiary/aromatic N) is 1. The Morgan fingerprint density at radius 2 is 2.00 bits per heavy atom. The second kappa shape index (κ2) is 6.78. The minimum absolute atomic E-state index is 0.574. The summed E-state index contributed by atoms with van der Waals surface area (Å²) in [6.45, 7) is 7.86. The zero-order valence-corrected chi connectivity index (χ0v) is 12.4. The van der Waals surface area contributed by atoms with Crippen molar-refractivity contribution in [3.05, 3.63) is 18.2 Å². The molecule has 19 heavy (non-hydrogen) atoms. The van der Waals surface area contributed by atoms with E-state index >= 15 is 0 Å². The molecule has 1 fully saturated rings. The maximum Gasteiger partial charge on any atom is 0.128 e. The quantitative estimate of drug-likeness (QED) is 0.836. The molecule has 0 bridgehead atoms. The molecule has 1 aromatic heterocycles. The van der Waals surface area contributed by atoms with E-state index in [0.717, 1.165) is 36.4 Å². The van der Waals surface area contributed by atoms with Crippen molar-refractivity contribution in [2.24, 2.45) is 11.8 Å². The second-order valence-electron chi connectivity index (χ2n) is 5.98. The van der Waals surface area contributed by atoms with Crippen LogP contribution in [0, 0.1) is 11.8 Å². The van der Waals surface area contributed by atoms with Gasteiger partial charge in [-0.25, -0.2) is 4.98 Å². The summed E-state index contributed by atoms with van der Waals surface area (Å²) >= 11 is 0. The van der Waals surface area contributed by atoms with Crippen molar-refractivity contribution in [2.45, 2.75) is 52.5 Å². The highest BCUT2D eigenvalue weighted by Crippen LogP contribution is 2.30. The lowest BCUT2D eigenvalue weighted by Crippen LogP contribution is -2.33. The fourth-order valence-electron chi connectivity index (χ4n) is 2.94.